The van der Waals surface area contributed by atoms with Crippen molar-refractivity contribution < 1.29 is 23.1 Å². The van der Waals surface area contributed by atoms with Crippen LogP contribution in [0.15, 0.2) is 60.9 Å². The van der Waals surface area contributed by atoms with Crippen LogP contribution in [0.25, 0.3) is 5.65 Å². The van der Waals surface area contributed by atoms with Crippen LogP contribution in [0.1, 0.15) is 38.3 Å². The molecular weight excluding hydrogens is 533 g/mol. The number of imidazole rings is 1. The summed E-state index contributed by atoms with van der Waals surface area (Å²) in [5.74, 6) is 5.54. The third-order valence-corrected chi connectivity index (χ3v) is 7.05. The second-order valence-corrected chi connectivity index (χ2v) is 9.88. The van der Waals surface area contributed by atoms with Crippen molar-refractivity contribution in [2.75, 3.05) is 44.6 Å². The number of alkyl halides is 3. The minimum atomic E-state index is -4.58. The topological polar surface area (TPSA) is 86.0 Å². The molecule has 2 aromatic heterocycles. The molecule has 0 bridgehead atoms. The van der Waals surface area contributed by atoms with E-state index in [0.29, 0.717) is 49.6 Å². The zero-order chi connectivity index (χ0) is 29.0. The summed E-state index contributed by atoms with van der Waals surface area (Å²) in [4.78, 5) is 21.3. The molecule has 0 aliphatic carbocycles. The third kappa shape index (κ3) is 6.74. The number of aliphatic hydroxyl groups excluding tert-OH is 1. The Bertz CT molecular complexity index is 1610. The van der Waals surface area contributed by atoms with Gasteiger partial charge >= 0.3 is 6.18 Å². The number of aryl methyl sites for hydroxylation is 1. The lowest BCUT2D eigenvalue weighted by Crippen LogP contribution is -2.46. The lowest BCUT2D eigenvalue weighted by Gasteiger charge is -2.34. The number of fused-ring (bicyclic) bond motifs is 1. The molecule has 212 valence electrons. The SMILES string of the molecule is Cc1ccc(C(=O)Nc2ccc(CN3CCN(CCO)CC3)c(C(F)(F)F)c2)cc1C#Cc1cnc2cccnn12. The van der Waals surface area contributed by atoms with Crippen molar-refractivity contribution in [2.45, 2.75) is 19.6 Å². The van der Waals surface area contributed by atoms with E-state index >= 15 is 0 Å². The van der Waals surface area contributed by atoms with Crippen molar-refractivity contribution in [3.63, 3.8) is 0 Å². The number of aromatic nitrogens is 3. The fourth-order valence-electron chi connectivity index (χ4n) is 4.76. The summed E-state index contributed by atoms with van der Waals surface area (Å²) < 4.78 is 43.6. The minimum absolute atomic E-state index is 0.0590. The van der Waals surface area contributed by atoms with Crippen LogP contribution in [-0.2, 0) is 12.7 Å². The summed E-state index contributed by atoms with van der Waals surface area (Å²) in [6.07, 6.45) is -1.33. The first-order chi connectivity index (χ1) is 19.7. The van der Waals surface area contributed by atoms with Gasteiger partial charge in [-0.15, -0.1) is 0 Å². The van der Waals surface area contributed by atoms with Gasteiger partial charge in [0.25, 0.3) is 5.91 Å². The second-order valence-electron chi connectivity index (χ2n) is 9.88. The van der Waals surface area contributed by atoms with E-state index in [0.717, 1.165) is 11.6 Å². The molecule has 0 atom stereocenters. The van der Waals surface area contributed by atoms with Crippen LogP contribution in [0.2, 0.25) is 0 Å². The number of amides is 1. The zero-order valence-electron chi connectivity index (χ0n) is 22.4. The van der Waals surface area contributed by atoms with Gasteiger partial charge in [-0.05, 0) is 60.4 Å². The van der Waals surface area contributed by atoms with E-state index in [4.69, 9.17) is 5.11 Å². The van der Waals surface area contributed by atoms with Gasteiger partial charge < -0.3 is 10.4 Å². The molecule has 1 amide bonds. The van der Waals surface area contributed by atoms with E-state index in [1.807, 2.05) is 17.9 Å². The van der Waals surface area contributed by atoms with E-state index < -0.39 is 17.6 Å². The highest BCUT2D eigenvalue weighted by molar-refractivity contribution is 6.04. The summed E-state index contributed by atoms with van der Waals surface area (Å²) >= 11 is 0. The molecule has 8 nitrogen and oxygen atoms in total. The number of hydrogen-bond acceptors (Lipinski definition) is 6. The van der Waals surface area contributed by atoms with Gasteiger partial charge in [0.2, 0.25) is 0 Å². The third-order valence-electron chi connectivity index (χ3n) is 7.05. The van der Waals surface area contributed by atoms with Crippen LogP contribution in [0.5, 0.6) is 0 Å². The number of nitrogens with one attached hydrogen (secondary N) is 1. The van der Waals surface area contributed by atoms with Crippen molar-refractivity contribution in [3.05, 3.63) is 94.4 Å². The average Bonchev–Trinajstić information content (AvgIpc) is 3.37. The van der Waals surface area contributed by atoms with Gasteiger partial charge in [-0.1, -0.05) is 18.1 Å². The number of benzene rings is 2. The molecule has 41 heavy (non-hydrogen) atoms. The number of nitrogens with zero attached hydrogens (tertiary/aromatic N) is 5. The average molecular weight is 563 g/mol. The molecule has 1 fully saturated rings. The van der Waals surface area contributed by atoms with Crippen molar-refractivity contribution >= 4 is 17.2 Å². The highest BCUT2D eigenvalue weighted by Gasteiger charge is 2.34. The number of carbonyl (C=O) groups excluding carboxylic acids is 1. The Balaban J connectivity index is 1.32. The van der Waals surface area contributed by atoms with Crippen LogP contribution in [-0.4, -0.2) is 74.7 Å². The maximum absolute atomic E-state index is 14.0. The fraction of sp³-hybridized carbons (Fsp3) is 0.300. The number of halogens is 3. The first kappa shape index (κ1) is 28.3. The van der Waals surface area contributed by atoms with Crippen LogP contribution in [0.3, 0.4) is 0 Å². The molecular formula is C30H29F3N6O2. The van der Waals surface area contributed by atoms with E-state index in [-0.39, 0.29) is 30.0 Å². The number of anilines is 1. The van der Waals surface area contributed by atoms with Crippen LogP contribution in [0, 0.1) is 18.8 Å². The standard InChI is InChI=1S/C30H29F3N6O2/c1-21-4-5-23(17-22(21)7-9-26-19-34-28-3-2-10-35-39(26)28)29(41)36-25-8-6-24(27(18-25)30(31,32)33)20-38-13-11-37(12-14-38)15-16-40/h2-6,8,10,17-19,40H,11-16,20H2,1H3,(H,36,41). The Labute approximate surface area is 235 Å². The molecule has 0 spiro atoms. The van der Waals surface area contributed by atoms with E-state index in [1.54, 1.807) is 41.2 Å². The number of piperazine rings is 1. The summed E-state index contributed by atoms with van der Waals surface area (Å²) in [5.41, 5.74) is 2.41. The largest absolute Gasteiger partial charge is 0.416 e. The van der Waals surface area contributed by atoms with Gasteiger partial charge in [0.1, 0.15) is 5.69 Å². The summed E-state index contributed by atoms with van der Waals surface area (Å²) in [7, 11) is 0. The number of β-amino-alcohol motifs (C(OH)–C–C–N with tert-alkyl or cyclic N) is 1. The maximum atomic E-state index is 14.0. The van der Waals surface area contributed by atoms with E-state index in [9.17, 15) is 18.0 Å². The Kier molecular flexibility index (Phi) is 8.35. The first-order valence-electron chi connectivity index (χ1n) is 13.2. The van der Waals surface area contributed by atoms with Gasteiger partial charge in [-0.2, -0.15) is 18.3 Å². The van der Waals surface area contributed by atoms with E-state index in [1.165, 1.54) is 12.1 Å². The summed E-state index contributed by atoms with van der Waals surface area (Å²) in [5, 5.41) is 15.9. The molecule has 4 aromatic rings. The number of carbonyl (C=O) groups is 1. The molecule has 5 rings (SSSR count). The maximum Gasteiger partial charge on any atom is 0.416 e. The Morgan fingerprint density at radius 3 is 2.59 bits per heavy atom. The van der Waals surface area contributed by atoms with Crippen LogP contribution < -0.4 is 5.32 Å². The molecule has 1 saturated heterocycles. The van der Waals surface area contributed by atoms with Gasteiger partial charge in [0.15, 0.2) is 5.65 Å². The lowest BCUT2D eigenvalue weighted by atomic mass is 10.0. The van der Waals surface area contributed by atoms with Crippen LogP contribution >= 0.6 is 0 Å². The van der Waals surface area contributed by atoms with E-state index in [2.05, 4.69) is 32.1 Å². The number of hydrogen-bond donors (Lipinski definition) is 2. The van der Waals surface area contributed by atoms with Crippen molar-refractivity contribution in [1.29, 1.82) is 0 Å². The lowest BCUT2D eigenvalue weighted by molar-refractivity contribution is -0.138. The van der Waals surface area contributed by atoms with Gasteiger partial charge in [-0.3, -0.25) is 14.6 Å². The fourth-order valence-corrected chi connectivity index (χ4v) is 4.76. The quantitative estimate of drug-likeness (QED) is 0.348. The monoisotopic (exact) mass is 562 g/mol. The molecule has 0 saturated carbocycles. The highest BCUT2D eigenvalue weighted by atomic mass is 19.4. The van der Waals surface area contributed by atoms with Gasteiger partial charge in [0, 0.05) is 62.3 Å². The molecule has 3 heterocycles. The molecule has 0 radical (unpaired) electrons. The normalized spacial score (nSPS) is 14.6. The molecule has 1 aliphatic rings. The van der Waals surface area contributed by atoms with Gasteiger partial charge in [-0.25, -0.2) is 9.50 Å². The van der Waals surface area contributed by atoms with Crippen LogP contribution in [0.4, 0.5) is 18.9 Å². The van der Waals surface area contributed by atoms with Gasteiger partial charge in [0.05, 0.1) is 18.4 Å². The van der Waals surface area contributed by atoms with Crippen molar-refractivity contribution in [2.24, 2.45) is 0 Å². The molecule has 1 aliphatic heterocycles. The minimum Gasteiger partial charge on any atom is -0.395 e. The summed E-state index contributed by atoms with van der Waals surface area (Å²) in [6.45, 7) is 5.24. The smallest absolute Gasteiger partial charge is 0.395 e. The molecule has 2 N–H and O–H groups in total. The number of rotatable bonds is 6. The second kappa shape index (κ2) is 12.1. The highest BCUT2D eigenvalue weighted by Crippen LogP contribution is 2.34. The molecule has 0 unspecified atom stereocenters. The Morgan fingerprint density at radius 1 is 1.05 bits per heavy atom. The van der Waals surface area contributed by atoms with Crippen molar-refractivity contribution in [1.82, 2.24) is 24.4 Å². The Morgan fingerprint density at radius 2 is 1.83 bits per heavy atom. The zero-order valence-corrected chi connectivity index (χ0v) is 22.4. The van der Waals surface area contributed by atoms with Crippen molar-refractivity contribution in [3.8, 4) is 11.8 Å². The first-order valence-corrected chi connectivity index (χ1v) is 13.2. The predicted molar refractivity (Wildman–Crippen MR) is 148 cm³/mol. The molecule has 11 heteroatoms. The number of aliphatic hydroxyl groups is 1. The Hall–Kier alpha value is -4.24. The summed E-state index contributed by atoms with van der Waals surface area (Å²) in [6, 6.07) is 12.5. The molecule has 2 aromatic carbocycles. The predicted octanol–water partition coefficient (Wildman–Crippen LogP) is 3.82.